The van der Waals surface area contributed by atoms with E-state index in [2.05, 4.69) is 51.5 Å². The molecule has 4 aromatic rings. The first-order valence-corrected chi connectivity index (χ1v) is 19.5. The molecule has 0 spiro atoms. The number of hydrogen-bond donors (Lipinski definition) is 0. The summed E-state index contributed by atoms with van der Waals surface area (Å²) in [5, 5.41) is 9.70. The normalized spacial score (nSPS) is 14.4. The topological polar surface area (TPSA) is 94.7 Å². The van der Waals surface area contributed by atoms with Gasteiger partial charge >= 0.3 is 5.97 Å². The molecule has 0 radical (unpaired) electrons. The Balaban J connectivity index is 1.42. The highest BCUT2D eigenvalue weighted by Gasteiger charge is 2.30. The molecule has 0 saturated heterocycles. The van der Waals surface area contributed by atoms with Crippen LogP contribution in [-0.2, 0) is 16.2 Å². The van der Waals surface area contributed by atoms with Crippen LogP contribution in [0.1, 0.15) is 53.0 Å². The fourth-order valence-corrected chi connectivity index (χ4v) is 7.42. The van der Waals surface area contributed by atoms with E-state index in [0.29, 0.717) is 41.7 Å². The van der Waals surface area contributed by atoms with Crippen LogP contribution in [0.3, 0.4) is 0 Å². The number of rotatable bonds is 11. The fourth-order valence-electron chi connectivity index (χ4n) is 4.45. The molecule has 12 heteroatoms. The van der Waals surface area contributed by atoms with Crippen LogP contribution in [0.2, 0.25) is 25.7 Å². The molecule has 0 N–H and O–H groups in total. The molecule has 5 rings (SSSR count). The molecule has 0 atom stereocenters. The lowest BCUT2D eigenvalue weighted by Gasteiger charge is -2.24. The van der Waals surface area contributed by atoms with Gasteiger partial charge in [-0.2, -0.15) is 4.99 Å². The third-order valence-electron chi connectivity index (χ3n) is 7.17. The number of carbonyl (C=O) groups excluding carboxylic acids is 1. The number of carbonyl (C=O) groups is 1. The van der Waals surface area contributed by atoms with E-state index in [0.717, 1.165) is 51.0 Å². The average molecular weight is 611 g/mol. The predicted octanol–water partition coefficient (Wildman–Crippen LogP) is 7.01. The van der Waals surface area contributed by atoms with Crippen molar-refractivity contribution in [1.29, 1.82) is 0 Å². The van der Waals surface area contributed by atoms with E-state index in [1.54, 1.807) is 11.3 Å². The summed E-state index contributed by atoms with van der Waals surface area (Å²) in [4.78, 5) is 25.9. The Morgan fingerprint density at radius 1 is 1.20 bits per heavy atom. The number of nitrogens with zero attached hydrogens (tertiary/aromatic N) is 6. The van der Waals surface area contributed by atoms with Gasteiger partial charge in [0.25, 0.3) is 0 Å². The minimum Gasteiger partial charge on any atom is -0.461 e. The van der Waals surface area contributed by atoms with Crippen LogP contribution < -0.4 is 9.70 Å². The van der Waals surface area contributed by atoms with Crippen molar-refractivity contribution in [2.24, 2.45) is 4.99 Å². The van der Waals surface area contributed by atoms with Crippen LogP contribution in [0.4, 0.5) is 16.8 Å². The summed E-state index contributed by atoms with van der Waals surface area (Å²) >= 11 is 3.15. The molecule has 41 heavy (non-hydrogen) atoms. The zero-order chi connectivity index (χ0) is 29.1. The lowest BCUT2D eigenvalue weighted by atomic mass is 9.83. The standard InChI is InChI=1S/C29H38N6O3S2Si/c1-7-38-27(36)24-25(20-11-10-12-20)40-28(30-24)34(3)23-17-19(2)26(33-32-23)31-29-35(18-37-15-16-41(4,5)6)21-13-8-9-14-22(21)39-29/h8-9,13-14,17,20H,7,10-12,15-16,18H2,1-6H3. The summed E-state index contributed by atoms with van der Waals surface area (Å²) in [6.45, 7) is 12.4. The van der Waals surface area contributed by atoms with Gasteiger partial charge in [0.1, 0.15) is 6.73 Å². The summed E-state index contributed by atoms with van der Waals surface area (Å²) in [6, 6.07) is 11.4. The quantitative estimate of drug-likeness (QED) is 0.102. The smallest absolute Gasteiger partial charge is 0.358 e. The van der Waals surface area contributed by atoms with E-state index in [4.69, 9.17) is 14.5 Å². The minimum absolute atomic E-state index is 0.325. The van der Waals surface area contributed by atoms with Gasteiger partial charge in [0.15, 0.2) is 27.3 Å². The maximum atomic E-state index is 12.6. The molecule has 1 aliphatic rings. The lowest BCUT2D eigenvalue weighted by molar-refractivity contribution is 0.0518. The van der Waals surface area contributed by atoms with Gasteiger partial charge in [-0.25, -0.2) is 9.78 Å². The number of ether oxygens (including phenoxy) is 2. The van der Waals surface area contributed by atoms with E-state index in [-0.39, 0.29) is 5.97 Å². The van der Waals surface area contributed by atoms with Crippen LogP contribution in [0, 0.1) is 6.92 Å². The molecule has 9 nitrogen and oxygen atoms in total. The summed E-state index contributed by atoms with van der Waals surface area (Å²) in [5.41, 5.74) is 2.42. The molecule has 0 amide bonds. The zero-order valence-electron chi connectivity index (χ0n) is 24.6. The highest BCUT2D eigenvalue weighted by atomic mass is 32.1. The van der Waals surface area contributed by atoms with Gasteiger partial charge < -0.3 is 14.4 Å². The number of esters is 1. The Morgan fingerprint density at radius 3 is 2.66 bits per heavy atom. The Bertz CT molecular complexity index is 1600. The first-order valence-electron chi connectivity index (χ1n) is 14.1. The molecular weight excluding hydrogens is 573 g/mol. The largest absolute Gasteiger partial charge is 0.461 e. The summed E-state index contributed by atoms with van der Waals surface area (Å²) < 4.78 is 14.7. The van der Waals surface area contributed by atoms with Crippen molar-refractivity contribution < 1.29 is 14.3 Å². The van der Waals surface area contributed by atoms with Gasteiger partial charge in [0.05, 0.1) is 16.8 Å². The minimum atomic E-state index is -1.17. The molecule has 0 aliphatic heterocycles. The monoisotopic (exact) mass is 610 g/mol. The number of fused-ring (bicyclic) bond motifs is 1. The SMILES string of the molecule is CCOC(=O)c1nc(N(C)c2cc(C)c(N=c3sc4ccccc4n3COCC[Si](C)(C)C)nn2)sc1C1CCC1. The van der Waals surface area contributed by atoms with E-state index in [1.807, 2.05) is 44.0 Å². The molecule has 0 unspecified atom stereocenters. The van der Waals surface area contributed by atoms with Gasteiger partial charge in [-0.15, -0.1) is 21.5 Å². The highest BCUT2D eigenvalue weighted by molar-refractivity contribution is 7.16. The molecule has 1 saturated carbocycles. The van der Waals surface area contributed by atoms with Crippen molar-refractivity contribution in [2.45, 2.75) is 71.4 Å². The van der Waals surface area contributed by atoms with Crippen molar-refractivity contribution in [1.82, 2.24) is 19.7 Å². The maximum absolute atomic E-state index is 12.6. The maximum Gasteiger partial charge on any atom is 0.358 e. The van der Waals surface area contributed by atoms with Gasteiger partial charge in [0, 0.05) is 26.6 Å². The number of anilines is 2. The van der Waals surface area contributed by atoms with Crippen LogP contribution in [0.25, 0.3) is 10.2 Å². The fraction of sp³-hybridized carbons (Fsp3) is 0.483. The second-order valence-electron chi connectivity index (χ2n) is 11.6. The average Bonchev–Trinajstić information content (AvgIpc) is 3.48. The Hall–Kier alpha value is -2.93. The van der Waals surface area contributed by atoms with Crippen LogP contribution >= 0.6 is 22.7 Å². The summed E-state index contributed by atoms with van der Waals surface area (Å²) in [5.74, 6) is 1.22. The third-order valence-corrected chi connectivity index (χ3v) is 11.2. The summed E-state index contributed by atoms with van der Waals surface area (Å²) in [6.07, 6.45) is 3.33. The molecule has 3 heterocycles. The van der Waals surface area contributed by atoms with Crippen molar-refractivity contribution in [3.05, 3.63) is 51.3 Å². The van der Waals surface area contributed by atoms with Crippen LogP contribution in [0.15, 0.2) is 35.3 Å². The van der Waals surface area contributed by atoms with E-state index < -0.39 is 8.07 Å². The first kappa shape index (κ1) is 29.6. The van der Waals surface area contributed by atoms with Gasteiger partial charge in [0.2, 0.25) is 0 Å². The molecule has 218 valence electrons. The Labute approximate surface area is 249 Å². The lowest BCUT2D eigenvalue weighted by Crippen LogP contribution is -2.23. The third kappa shape index (κ3) is 6.77. The molecule has 0 bridgehead atoms. The molecular formula is C29H38N6O3S2Si. The molecule has 3 aromatic heterocycles. The number of thiazole rings is 2. The van der Waals surface area contributed by atoms with Gasteiger partial charge in [-0.3, -0.25) is 4.57 Å². The van der Waals surface area contributed by atoms with E-state index in [9.17, 15) is 4.79 Å². The highest BCUT2D eigenvalue weighted by Crippen LogP contribution is 2.43. The predicted molar refractivity (Wildman–Crippen MR) is 169 cm³/mol. The second kappa shape index (κ2) is 12.5. The molecule has 1 fully saturated rings. The Morgan fingerprint density at radius 2 is 1.98 bits per heavy atom. The van der Waals surface area contributed by atoms with E-state index in [1.165, 1.54) is 17.8 Å². The number of benzene rings is 1. The number of hydrogen-bond acceptors (Lipinski definition) is 10. The number of aryl methyl sites for hydroxylation is 1. The van der Waals surface area contributed by atoms with Crippen molar-refractivity contribution >= 4 is 63.7 Å². The van der Waals surface area contributed by atoms with Gasteiger partial charge in [-0.05, 0) is 62.4 Å². The zero-order valence-corrected chi connectivity index (χ0v) is 27.3. The summed E-state index contributed by atoms with van der Waals surface area (Å²) in [7, 11) is 0.724. The van der Waals surface area contributed by atoms with Crippen LogP contribution in [0.5, 0.6) is 0 Å². The van der Waals surface area contributed by atoms with E-state index >= 15 is 0 Å². The second-order valence-corrected chi connectivity index (χ2v) is 19.2. The van der Waals surface area contributed by atoms with Crippen molar-refractivity contribution in [3.63, 3.8) is 0 Å². The number of para-hydroxylation sites is 1. The first-order chi connectivity index (χ1) is 19.6. The van der Waals surface area contributed by atoms with Gasteiger partial charge in [-0.1, -0.05) is 49.5 Å². The van der Waals surface area contributed by atoms with Crippen molar-refractivity contribution in [3.8, 4) is 0 Å². The van der Waals surface area contributed by atoms with Crippen molar-refractivity contribution in [2.75, 3.05) is 25.2 Å². The molecule has 1 aromatic carbocycles. The molecule has 1 aliphatic carbocycles. The Kier molecular flexibility index (Phi) is 9.02. The van der Waals surface area contributed by atoms with Crippen LogP contribution in [-0.4, -0.2) is 54.1 Å². The number of aromatic nitrogens is 4.